The van der Waals surface area contributed by atoms with Crippen LogP contribution in [0.4, 0.5) is 10.1 Å². The molecular weight excluding hydrogens is 399 g/mol. The Balaban J connectivity index is 1.60. The Labute approximate surface area is 170 Å². The second-order valence-electron chi connectivity index (χ2n) is 6.41. The van der Waals surface area contributed by atoms with E-state index in [4.69, 9.17) is 20.8 Å². The number of carbonyl (C=O) groups excluding carboxylic acids is 2. The number of nitrogens with one attached hydrogen (secondary N) is 1. The molecule has 1 N–H and O–H groups in total. The molecule has 6 nitrogen and oxygen atoms in total. The Morgan fingerprint density at radius 1 is 1.21 bits per heavy atom. The molecule has 1 aromatic heterocycles. The maximum absolute atomic E-state index is 14.2. The molecular formula is C21H16ClFN2O4. The van der Waals surface area contributed by atoms with Gasteiger partial charge in [0.15, 0.2) is 6.61 Å². The van der Waals surface area contributed by atoms with Crippen molar-refractivity contribution in [2.45, 2.75) is 13.1 Å². The number of halogens is 2. The summed E-state index contributed by atoms with van der Waals surface area (Å²) in [4.78, 5) is 26.3. The maximum Gasteiger partial charge on any atom is 0.265 e. The van der Waals surface area contributed by atoms with E-state index in [0.29, 0.717) is 22.8 Å². The first kappa shape index (κ1) is 19.0. The predicted molar refractivity (Wildman–Crippen MR) is 104 cm³/mol. The average Bonchev–Trinajstić information content (AvgIpc) is 3.23. The fourth-order valence-corrected chi connectivity index (χ4v) is 3.26. The summed E-state index contributed by atoms with van der Waals surface area (Å²) in [6, 6.07) is 12.6. The Hall–Kier alpha value is -3.32. The Morgan fingerprint density at radius 3 is 2.83 bits per heavy atom. The van der Waals surface area contributed by atoms with E-state index >= 15 is 0 Å². The van der Waals surface area contributed by atoms with Gasteiger partial charge in [0.25, 0.3) is 11.8 Å². The third kappa shape index (κ3) is 3.95. The summed E-state index contributed by atoms with van der Waals surface area (Å²) < 4.78 is 24.9. The monoisotopic (exact) mass is 414 g/mol. The first-order valence-corrected chi connectivity index (χ1v) is 9.21. The lowest BCUT2D eigenvalue weighted by Gasteiger charge is -2.30. The second kappa shape index (κ2) is 7.97. The summed E-state index contributed by atoms with van der Waals surface area (Å²) in [5.74, 6) is -0.160. The van der Waals surface area contributed by atoms with Crippen LogP contribution in [0.1, 0.15) is 21.7 Å². The molecule has 0 radical (unpaired) electrons. The third-order valence-corrected chi connectivity index (χ3v) is 4.90. The van der Waals surface area contributed by atoms with Gasteiger partial charge in [0, 0.05) is 16.1 Å². The van der Waals surface area contributed by atoms with Crippen LogP contribution in [0.3, 0.4) is 0 Å². The Kier molecular flexibility index (Phi) is 5.22. The largest absolute Gasteiger partial charge is 0.482 e. The van der Waals surface area contributed by atoms with Gasteiger partial charge in [-0.1, -0.05) is 17.7 Å². The van der Waals surface area contributed by atoms with Crippen molar-refractivity contribution in [3.05, 3.63) is 82.5 Å². The van der Waals surface area contributed by atoms with Crippen LogP contribution in [0.2, 0.25) is 5.02 Å². The summed E-state index contributed by atoms with van der Waals surface area (Å²) in [6.07, 6.45) is 1.52. The molecule has 1 aliphatic rings. The number of carbonyl (C=O) groups is 2. The number of furan rings is 1. The molecule has 1 aliphatic heterocycles. The molecule has 0 atom stereocenters. The fourth-order valence-electron chi connectivity index (χ4n) is 3.04. The predicted octanol–water partition coefficient (Wildman–Crippen LogP) is 3.93. The van der Waals surface area contributed by atoms with Gasteiger partial charge in [0.05, 0.1) is 25.0 Å². The van der Waals surface area contributed by atoms with Gasteiger partial charge >= 0.3 is 0 Å². The molecule has 0 saturated carbocycles. The van der Waals surface area contributed by atoms with E-state index in [1.807, 2.05) is 0 Å². The zero-order valence-electron chi connectivity index (χ0n) is 15.2. The van der Waals surface area contributed by atoms with Gasteiger partial charge in [-0.15, -0.1) is 0 Å². The smallest absolute Gasteiger partial charge is 0.265 e. The summed E-state index contributed by atoms with van der Waals surface area (Å²) in [6.45, 7) is -0.0197. The average molecular weight is 415 g/mol. The van der Waals surface area contributed by atoms with Gasteiger partial charge in [-0.2, -0.15) is 0 Å². The number of amides is 2. The summed E-state index contributed by atoms with van der Waals surface area (Å²) in [5, 5.41) is 2.96. The zero-order valence-corrected chi connectivity index (χ0v) is 15.9. The van der Waals surface area contributed by atoms with Crippen molar-refractivity contribution in [2.75, 3.05) is 11.5 Å². The van der Waals surface area contributed by atoms with Crippen molar-refractivity contribution in [1.82, 2.24) is 5.32 Å². The molecule has 29 heavy (non-hydrogen) atoms. The molecule has 0 bridgehead atoms. The van der Waals surface area contributed by atoms with Crippen LogP contribution in [0.15, 0.2) is 59.2 Å². The summed E-state index contributed by atoms with van der Waals surface area (Å²) in [5.41, 5.74) is 0.910. The topological polar surface area (TPSA) is 71.8 Å². The number of benzene rings is 2. The van der Waals surface area contributed by atoms with Crippen molar-refractivity contribution >= 4 is 29.1 Å². The molecule has 148 valence electrons. The van der Waals surface area contributed by atoms with Crippen molar-refractivity contribution in [3.8, 4) is 5.75 Å². The van der Waals surface area contributed by atoms with E-state index in [0.717, 1.165) is 0 Å². The number of ether oxygens (including phenoxy) is 1. The number of rotatable bonds is 5. The number of nitrogens with zero attached hydrogens (tertiary/aromatic N) is 1. The van der Waals surface area contributed by atoms with E-state index in [1.165, 1.54) is 23.3 Å². The van der Waals surface area contributed by atoms with Crippen LogP contribution in [-0.4, -0.2) is 18.4 Å². The highest BCUT2D eigenvalue weighted by molar-refractivity contribution is 6.31. The molecule has 0 saturated heterocycles. The van der Waals surface area contributed by atoms with Crippen molar-refractivity contribution in [3.63, 3.8) is 0 Å². The Morgan fingerprint density at radius 2 is 2.07 bits per heavy atom. The molecule has 2 amide bonds. The highest BCUT2D eigenvalue weighted by Crippen LogP contribution is 2.35. The first-order chi connectivity index (χ1) is 14.0. The molecule has 0 aliphatic carbocycles. The van der Waals surface area contributed by atoms with Crippen LogP contribution in [-0.2, 0) is 17.9 Å². The minimum Gasteiger partial charge on any atom is -0.482 e. The van der Waals surface area contributed by atoms with Crippen LogP contribution >= 0.6 is 11.6 Å². The highest BCUT2D eigenvalue weighted by Gasteiger charge is 2.28. The minimum absolute atomic E-state index is 0.0713. The molecule has 0 fully saturated rings. The number of hydrogen-bond donors (Lipinski definition) is 1. The minimum atomic E-state index is -0.509. The molecule has 2 aromatic carbocycles. The molecule has 3 aromatic rings. The number of fused-ring (bicyclic) bond motifs is 1. The molecule has 8 heteroatoms. The normalized spacial score (nSPS) is 13.0. The van der Waals surface area contributed by atoms with Gasteiger partial charge in [-0.05, 0) is 42.5 Å². The number of anilines is 1. The standard InChI is InChI=1S/C21H16ClFN2O4/c22-16-4-1-5-17(23)15(16)11-25-18-9-13(6-7-19(18)29-12-20(25)26)21(27)24-10-14-3-2-8-28-14/h1-9H,10-12H2,(H,24,27). The number of hydrogen-bond acceptors (Lipinski definition) is 4. The molecule has 2 heterocycles. The first-order valence-electron chi connectivity index (χ1n) is 8.83. The summed E-state index contributed by atoms with van der Waals surface area (Å²) in [7, 11) is 0. The van der Waals surface area contributed by atoms with Gasteiger partial charge in [-0.3, -0.25) is 9.59 Å². The van der Waals surface area contributed by atoms with Crippen LogP contribution in [0.25, 0.3) is 0 Å². The SMILES string of the molecule is O=C(NCc1ccco1)c1ccc2c(c1)N(Cc1c(F)cccc1Cl)C(=O)CO2. The Bertz CT molecular complexity index is 1050. The van der Waals surface area contributed by atoms with Gasteiger partial charge in [-0.25, -0.2) is 4.39 Å². The second-order valence-corrected chi connectivity index (χ2v) is 6.82. The van der Waals surface area contributed by atoms with Crippen LogP contribution < -0.4 is 15.0 Å². The van der Waals surface area contributed by atoms with E-state index in [9.17, 15) is 14.0 Å². The van der Waals surface area contributed by atoms with E-state index in [1.54, 1.807) is 36.4 Å². The lowest BCUT2D eigenvalue weighted by molar-refractivity contribution is -0.121. The molecule has 4 rings (SSSR count). The van der Waals surface area contributed by atoms with Gasteiger partial charge in [0.1, 0.15) is 17.3 Å². The zero-order chi connectivity index (χ0) is 20.4. The maximum atomic E-state index is 14.2. The van der Waals surface area contributed by atoms with Crippen molar-refractivity contribution < 1.29 is 23.1 Å². The van der Waals surface area contributed by atoms with Gasteiger partial charge in [0.2, 0.25) is 0 Å². The van der Waals surface area contributed by atoms with E-state index in [2.05, 4.69) is 5.32 Å². The fraction of sp³-hybridized carbons (Fsp3) is 0.143. The highest BCUT2D eigenvalue weighted by atomic mass is 35.5. The van der Waals surface area contributed by atoms with E-state index < -0.39 is 5.82 Å². The van der Waals surface area contributed by atoms with Gasteiger partial charge < -0.3 is 19.4 Å². The van der Waals surface area contributed by atoms with Crippen LogP contribution in [0.5, 0.6) is 5.75 Å². The third-order valence-electron chi connectivity index (χ3n) is 4.55. The quantitative estimate of drug-likeness (QED) is 0.686. The lowest BCUT2D eigenvalue weighted by Crippen LogP contribution is -2.38. The van der Waals surface area contributed by atoms with Crippen molar-refractivity contribution in [1.29, 1.82) is 0 Å². The van der Waals surface area contributed by atoms with Crippen molar-refractivity contribution in [2.24, 2.45) is 0 Å². The molecule has 0 unspecified atom stereocenters. The van der Waals surface area contributed by atoms with E-state index in [-0.39, 0.29) is 42.1 Å². The molecule has 0 spiro atoms. The van der Waals surface area contributed by atoms with Crippen LogP contribution in [0, 0.1) is 5.82 Å². The lowest BCUT2D eigenvalue weighted by atomic mass is 10.1. The summed E-state index contributed by atoms with van der Waals surface area (Å²) >= 11 is 6.11.